The zero-order valence-corrected chi connectivity index (χ0v) is 6.55. The molecule has 64 valence electrons. The first-order valence-corrected chi connectivity index (χ1v) is 3.29. The van der Waals surface area contributed by atoms with Gasteiger partial charge in [0.15, 0.2) is 5.82 Å². The molecule has 0 heterocycles. The zero-order valence-electron chi connectivity index (χ0n) is 6.55. The standard InChI is InChI=1S/C6H14N4O/c1-3-9-5(7)6(8)10(11)4-2/h3,9-10H,1,4,7-8H2,2H3/b6-5+. The summed E-state index contributed by atoms with van der Waals surface area (Å²) in [6.07, 6.45) is 1.37. The van der Waals surface area contributed by atoms with Crippen molar-refractivity contribution in [2.45, 2.75) is 6.92 Å². The van der Waals surface area contributed by atoms with Crippen LogP contribution in [0.25, 0.3) is 0 Å². The van der Waals surface area contributed by atoms with Gasteiger partial charge in [0.05, 0.1) is 6.54 Å². The van der Waals surface area contributed by atoms with Crippen molar-refractivity contribution in [3.8, 4) is 0 Å². The van der Waals surface area contributed by atoms with Gasteiger partial charge in [-0.25, -0.2) is 0 Å². The fourth-order valence-electron chi connectivity index (χ4n) is 0.528. The van der Waals surface area contributed by atoms with Gasteiger partial charge in [-0.1, -0.05) is 6.58 Å². The summed E-state index contributed by atoms with van der Waals surface area (Å²) in [4.78, 5) is 0. The largest absolute Gasteiger partial charge is 0.628 e. The highest BCUT2D eigenvalue weighted by Crippen LogP contribution is 1.75. The van der Waals surface area contributed by atoms with E-state index in [9.17, 15) is 5.21 Å². The fourth-order valence-corrected chi connectivity index (χ4v) is 0.528. The summed E-state index contributed by atoms with van der Waals surface area (Å²) in [5.74, 6) is 0.222. The Kier molecular flexibility index (Phi) is 4.09. The van der Waals surface area contributed by atoms with Crippen LogP contribution in [0.15, 0.2) is 24.4 Å². The molecule has 0 aliphatic carbocycles. The Balaban J connectivity index is 4.24. The van der Waals surface area contributed by atoms with Crippen molar-refractivity contribution in [1.29, 1.82) is 0 Å². The lowest BCUT2D eigenvalue weighted by atomic mass is 10.6. The molecule has 11 heavy (non-hydrogen) atoms. The van der Waals surface area contributed by atoms with Crippen molar-refractivity contribution in [2.24, 2.45) is 11.5 Å². The molecule has 0 fully saturated rings. The number of rotatable bonds is 4. The number of hydrogen-bond donors (Lipinski definition) is 4. The maximum absolute atomic E-state index is 10.9. The molecule has 0 radical (unpaired) electrons. The van der Waals surface area contributed by atoms with E-state index in [-0.39, 0.29) is 16.7 Å². The van der Waals surface area contributed by atoms with Crippen LogP contribution in [-0.4, -0.2) is 6.54 Å². The molecule has 0 bridgehead atoms. The first-order chi connectivity index (χ1) is 5.13. The molecule has 1 unspecified atom stereocenters. The summed E-state index contributed by atoms with van der Waals surface area (Å²) >= 11 is 0. The number of hydroxylamine groups is 2. The van der Waals surface area contributed by atoms with Crippen molar-refractivity contribution in [2.75, 3.05) is 6.54 Å². The van der Waals surface area contributed by atoms with Gasteiger partial charge in [-0.15, -0.1) is 0 Å². The molecule has 0 saturated heterocycles. The molecule has 0 spiro atoms. The van der Waals surface area contributed by atoms with E-state index in [4.69, 9.17) is 11.5 Å². The van der Waals surface area contributed by atoms with Crippen molar-refractivity contribution in [3.63, 3.8) is 0 Å². The minimum atomic E-state index is -0.170. The van der Waals surface area contributed by atoms with E-state index in [2.05, 4.69) is 11.9 Å². The Morgan fingerprint density at radius 1 is 1.73 bits per heavy atom. The van der Waals surface area contributed by atoms with Gasteiger partial charge in [-0.05, 0) is 13.1 Å². The molecule has 5 heteroatoms. The topological polar surface area (TPSA) is 91.6 Å². The third kappa shape index (κ3) is 2.92. The summed E-state index contributed by atoms with van der Waals surface area (Å²) < 4.78 is 0. The highest BCUT2D eigenvalue weighted by molar-refractivity contribution is 4.99. The summed E-state index contributed by atoms with van der Waals surface area (Å²) in [5.41, 5.74) is 10.7. The summed E-state index contributed by atoms with van der Waals surface area (Å²) in [6.45, 7) is 5.45. The van der Waals surface area contributed by atoms with E-state index >= 15 is 0 Å². The van der Waals surface area contributed by atoms with Gasteiger partial charge in [-0.3, -0.25) is 0 Å². The van der Waals surface area contributed by atoms with Crippen LogP contribution in [0.3, 0.4) is 0 Å². The van der Waals surface area contributed by atoms with Crippen LogP contribution < -0.4 is 21.8 Å². The molecule has 0 rings (SSSR count). The summed E-state index contributed by atoms with van der Waals surface area (Å²) in [5, 5.41) is 13.3. The summed E-state index contributed by atoms with van der Waals surface area (Å²) in [6, 6.07) is 0. The molecule has 0 aliphatic rings. The van der Waals surface area contributed by atoms with Crippen molar-refractivity contribution >= 4 is 0 Å². The Bertz CT molecular complexity index is 166. The average molecular weight is 158 g/mol. The minimum Gasteiger partial charge on any atom is -0.628 e. The van der Waals surface area contributed by atoms with Gasteiger partial charge in [0.25, 0.3) is 0 Å². The van der Waals surface area contributed by atoms with Gasteiger partial charge >= 0.3 is 0 Å². The molecule has 5 nitrogen and oxygen atoms in total. The van der Waals surface area contributed by atoms with E-state index in [0.717, 1.165) is 0 Å². The third-order valence-corrected chi connectivity index (χ3v) is 1.17. The summed E-state index contributed by atoms with van der Waals surface area (Å²) in [7, 11) is 0. The second-order valence-corrected chi connectivity index (χ2v) is 1.95. The van der Waals surface area contributed by atoms with Crippen molar-refractivity contribution in [1.82, 2.24) is 5.32 Å². The Morgan fingerprint density at radius 3 is 2.64 bits per heavy atom. The molecular formula is C6H14N4O. The zero-order chi connectivity index (χ0) is 8.85. The Labute approximate surface area is 65.9 Å². The molecule has 0 aromatic heterocycles. The lowest BCUT2D eigenvalue weighted by Gasteiger charge is -2.20. The smallest absolute Gasteiger partial charge is 0.238 e. The van der Waals surface area contributed by atoms with Gasteiger partial charge < -0.3 is 27.1 Å². The predicted molar refractivity (Wildman–Crippen MR) is 43.6 cm³/mol. The van der Waals surface area contributed by atoms with Gasteiger partial charge in [0, 0.05) is 0 Å². The lowest BCUT2D eigenvalue weighted by molar-refractivity contribution is -0.806. The fraction of sp³-hybridized carbons (Fsp3) is 0.333. The number of nitrogens with one attached hydrogen (secondary N) is 2. The average Bonchev–Trinajstić information content (AvgIpc) is 2.02. The quantitative estimate of drug-likeness (QED) is 0.362. The predicted octanol–water partition coefficient (Wildman–Crippen LogP) is -1.83. The van der Waals surface area contributed by atoms with Crippen LogP contribution in [0, 0.1) is 5.21 Å². The first kappa shape index (κ1) is 9.80. The molecule has 1 atom stereocenters. The van der Waals surface area contributed by atoms with Crippen molar-refractivity contribution < 1.29 is 5.06 Å². The Morgan fingerprint density at radius 2 is 2.27 bits per heavy atom. The second-order valence-electron chi connectivity index (χ2n) is 1.95. The molecule has 0 aromatic carbocycles. The highest BCUT2D eigenvalue weighted by atomic mass is 16.5. The molecule has 0 saturated carbocycles. The normalized spacial score (nSPS) is 15.1. The molecule has 0 aromatic rings. The molecular weight excluding hydrogens is 144 g/mol. The minimum absolute atomic E-state index is 0.0624. The van der Waals surface area contributed by atoms with Gasteiger partial charge in [-0.2, -0.15) is 0 Å². The van der Waals surface area contributed by atoms with Crippen LogP contribution in [0.1, 0.15) is 6.92 Å². The van der Waals surface area contributed by atoms with Crippen LogP contribution in [0.5, 0.6) is 0 Å². The monoisotopic (exact) mass is 158 g/mol. The number of quaternary nitrogens is 1. The van der Waals surface area contributed by atoms with Gasteiger partial charge in [0.1, 0.15) is 0 Å². The number of hydrogen-bond acceptors (Lipinski definition) is 4. The number of nitrogens with two attached hydrogens (primary N) is 2. The van der Waals surface area contributed by atoms with Crippen LogP contribution >= 0.6 is 0 Å². The highest BCUT2D eigenvalue weighted by Gasteiger charge is 2.03. The molecule has 0 amide bonds. The van der Waals surface area contributed by atoms with E-state index < -0.39 is 0 Å². The van der Waals surface area contributed by atoms with Crippen LogP contribution in [0.2, 0.25) is 0 Å². The van der Waals surface area contributed by atoms with E-state index in [0.29, 0.717) is 6.54 Å². The van der Waals surface area contributed by atoms with E-state index in [1.165, 1.54) is 6.20 Å². The maximum Gasteiger partial charge on any atom is 0.238 e. The first-order valence-electron chi connectivity index (χ1n) is 3.29. The lowest BCUT2D eigenvalue weighted by Crippen LogP contribution is -3.06. The SMILES string of the molecule is C=CN/C(N)=C(\N)[NH+]([O-])CC. The third-order valence-electron chi connectivity index (χ3n) is 1.17. The van der Waals surface area contributed by atoms with E-state index in [1.54, 1.807) is 6.92 Å². The maximum atomic E-state index is 10.9. The Hall–Kier alpha value is -1.20. The van der Waals surface area contributed by atoms with Crippen LogP contribution in [-0.2, 0) is 0 Å². The molecule has 0 aliphatic heterocycles. The van der Waals surface area contributed by atoms with E-state index in [1.807, 2.05) is 0 Å². The van der Waals surface area contributed by atoms with Crippen molar-refractivity contribution in [3.05, 3.63) is 29.6 Å². The van der Waals surface area contributed by atoms with Crippen LogP contribution in [0.4, 0.5) is 0 Å². The van der Waals surface area contributed by atoms with Gasteiger partial charge in [0.2, 0.25) is 5.82 Å². The second kappa shape index (κ2) is 4.59. The molecule has 6 N–H and O–H groups in total.